The SMILES string of the molecule is Cc1csc(C)c1C(O)C[N+](=O)[O-]. The van der Waals surface area contributed by atoms with Crippen molar-refractivity contribution in [3.8, 4) is 0 Å². The van der Waals surface area contributed by atoms with E-state index in [0.29, 0.717) is 5.56 Å². The molecule has 0 aliphatic carbocycles. The Morgan fingerprint density at radius 2 is 2.31 bits per heavy atom. The van der Waals surface area contributed by atoms with Crippen molar-refractivity contribution in [2.24, 2.45) is 0 Å². The first-order valence-corrected chi connectivity index (χ1v) is 4.74. The van der Waals surface area contributed by atoms with Crippen LogP contribution in [0.15, 0.2) is 5.38 Å². The number of aliphatic hydroxyl groups excluding tert-OH is 1. The molecule has 13 heavy (non-hydrogen) atoms. The summed E-state index contributed by atoms with van der Waals surface area (Å²) in [4.78, 5) is 10.6. The fraction of sp³-hybridized carbons (Fsp3) is 0.500. The zero-order chi connectivity index (χ0) is 10.0. The summed E-state index contributed by atoms with van der Waals surface area (Å²) in [5, 5.41) is 21.6. The maximum Gasteiger partial charge on any atom is 0.233 e. The van der Waals surface area contributed by atoms with E-state index in [1.165, 1.54) is 11.3 Å². The Balaban J connectivity index is 2.87. The van der Waals surface area contributed by atoms with E-state index in [-0.39, 0.29) is 0 Å². The molecule has 0 aromatic carbocycles. The zero-order valence-corrected chi connectivity index (χ0v) is 8.30. The Labute approximate surface area is 80.0 Å². The maximum absolute atomic E-state index is 10.2. The lowest BCUT2D eigenvalue weighted by Gasteiger charge is -2.06. The van der Waals surface area contributed by atoms with Crippen molar-refractivity contribution in [1.29, 1.82) is 0 Å². The predicted molar refractivity (Wildman–Crippen MR) is 50.6 cm³/mol. The molecule has 4 nitrogen and oxygen atoms in total. The summed E-state index contributed by atoms with van der Waals surface area (Å²) >= 11 is 1.50. The van der Waals surface area contributed by atoms with Crippen LogP contribution in [0.25, 0.3) is 0 Å². The summed E-state index contributed by atoms with van der Waals surface area (Å²) in [5.41, 5.74) is 1.64. The van der Waals surface area contributed by atoms with Gasteiger partial charge in [0.1, 0.15) is 6.10 Å². The number of nitrogens with zero attached hydrogens (tertiary/aromatic N) is 1. The molecule has 0 fully saturated rings. The largest absolute Gasteiger partial charge is 0.381 e. The zero-order valence-electron chi connectivity index (χ0n) is 7.48. The van der Waals surface area contributed by atoms with Gasteiger partial charge in [0.25, 0.3) is 0 Å². The summed E-state index contributed by atoms with van der Waals surface area (Å²) in [6.45, 7) is 3.29. The lowest BCUT2D eigenvalue weighted by molar-refractivity contribution is -0.491. The van der Waals surface area contributed by atoms with E-state index in [9.17, 15) is 15.2 Å². The van der Waals surface area contributed by atoms with Gasteiger partial charge in [-0.05, 0) is 24.8 Å². The lowest BCUT2D eigenvalue weighted by atomic mass is 10.1. The van der Waals surface area contributed by atoms with E-state index in [1.807, 2.05) is 19.2 Å². The van der Waals surface area contributed by atoms with Gasteiger partial charge in [-0.15, -0.1) is 11.3 Å². The van der Waals surface area contributed by atoms with Crippen molar-refractivity contribution in [3.63, 3.8) is 0 Å². The van der Waals surface area contributed by atoms with Crippen molar-refractivity contribution in [2.45, 2.75) is 20.0 Å². The second-order valence-electron chi connectivity index (χ2n) is 2.92. The molecule has 0 spiro atoms. The van der Waals surface area contributed by atoms with Crippen LogP contribution >= 0.6 is 11.3 Å². The van der Waals surface area contributed by atoms with Crippen LogP contribution in [0.3, 0.4) is 0 Å². The van der Waals surface area contributed by atoms with E-state index in [1.54, 1.807) is 0 Å². The van der Waals surface area contributed by atoms with Crippen molar-refractivity contribution >= 4 is 11.3 Å². The number of hydrogen-bond donors (Lipinski definition) is 1. The monoisotopic (exact) mass is 201 g/mol. The summed E-state index contributed by atoms with van der Waals surface area (Å²) < 4.78 is 0. The number of nitro groups is 1. The highest BCUT2D eigenvalue weighted by molar-refractivity contribution is 7.10. The first-order chi connectivity index (χ1) is 6.02. The third kappa shape index (κ3) is 2.26. The van der Waals surface area contributed by atoms with Gasteiger partial charge < -0.3 is 5.11 Å². The molecule has 1 unspecified atom stereocenters. The number of aliphatic hydroxyl groups is 1. The maximum atomic E-state index is 10.2. The molecular weight excluding hydrogens is 190 g/mol. The number of rotatable bonds is 3. The predicted octanol–water partition coefficient (Wildman–Crippen LogP) is 1.68. The molecule has 5 heteroatoms. The van der Waals surface area contributed by atoms with Gasteiger partial charge in [0.05, 0.1) is 0 Å². The molecule has 1 atom stereocenters. The van der Waals surface area contributed by atoms with Crippen LogP contribution in [0.4, 0.5) is 0 Å². The van der Waals surface area contributed by atoms with Crippen molar-refractivity contribution in [3.05, 3.63) is 31.5 Å². The smallest absolute Gasteiger partial charge is 0.233 e. The van der Waals surface area contributed by atoms with Crippen LogP contribution in [0.1, 0.15) is 22.1 Å². The highest BCUT2D eigenvalue weighted by Gasteiger charge is 2.19. The van der Waals surface area contributed by atoms with Gasteiger partial charge in [-0.3, -0.25) is 10.1 Å². The van der Waals surface area contributed by atoms with E-state index < -0.39 is 17.6 Å². The van der Waals surface area contributed by atoms with Crippen LogP contribution in [0, 0.1) is 24.0 Å². The van der Waals surface area contributed by atoms with E-state index in [0.717, 1.165) is 10.4 Å². The van der Waals surface area contributed by atoms with Gasteiger partial charge in [0.15, 0.2) is 0 Å². The van der Waals surface area contributed by atoms with Gasteiger partial charge in [0.2, 0.25) is 6.54 Å². The minimum Gasteiger partial charge on any atom is -0.381 e. The van der Waals surface area contributed by atoms with Crippen LogP contribution < -0.4 is 0 Å². The molecule has 0 radical (unpaired) electrons. The third-order valence-electron chi connectivity index (χ3n) is 1.87. The Bertz CT molecular complexity index is 302. The van der Waals surface area contributed by atoms with Crippen LogP contribution in [0.5, 0.6) is 0 Å². The summed E-state index contributed by atoms with van der Waals surface area (Å²) in [6, 6.07) is 0. The van der Waals surface area contributed by atoms with Gasteiger partial charge >= 0.3 is 0 Å². The van der Waals surface area contributed by atoms with Gasteiger partial charge in [-0.2, -0.15) is 0 Å². The Morgan fingerprint density at radius 1 is 1.69 bits per heavy atom. The Morgan fingerprint density at radius 3 is 2.69 bits per heavy atom. The molecule has 0 amide bonds. The molecule has 0 bridgehead atoms. The molecule has 1 aromatic heterocycles. The number of hydrogen-bond acceptors (Lipinski definition) is 4. The molecule has 1 N–H and O–H groups in total. The summed E-state index contributed by atoms with van der Waals surface area (Å²) in [7, 11) is 0. The van der Waals surface area contributed by atoms with Crippen LogP contribution in [0.2, 0.25) is 0 Å². The normalized spacial score (nSPS) is 12.8. The highest BCUT2D eigenvalue weighted by Crippen LogP contribution is 2.27. The average Bonchev–Trinajstić information content (AvgIpc) is 2.29. The van der Waals surface area contributed by atoms with Crippen molar-refractivity contribution in [1.82, 2.24) is 0 Å². The van der Waals surface area contributed by atoms with Crippen LogP contribution in [-0.4, -0.2) is 16.6 Å². The topological polar surface area (TPSA) is 63.4 Å². The van der Waals surface area contributed by atoms with Crippen molar-refractivity contribution < 1.29 is 10.0 Å². The van der Waals surface area contributed by atoms with E-state index in [4.69, 9.17) is 0 Å². The van der Waals surface area contributed by atoms with Gasteiger partial charge in [0, 0.05) is 15.4 Å². The lowest BCUT2D eigenvalue weighted by Crippen LogP contribution is -2.12. The first-order valence-electron chi connectivity index (χ1n) is 3.86. The van der Waals surface area contributed by atoms with Crippen LogP contribution in [-0.2, 0) is 0 Å². The van der Waals surface area contributed by atoms with E-state index in [2.05, 4.69) is 0 Å². The second-order valence-corrected chi connectivity index (χ2v) is 4.00. The number of aryl methyl sites for hydroxylation is 2. The molecular formula is C8H11NO3S. The minimum absolute atomic E-state index is 0.418. The van der Waals surface area contributed by atoms with Crippen molar-refractivity contribution in [2.75, 3.05) is 6.54 Å². The summed E-state index contributed by atoms with van der Waals surface area (Å²) in [6.07, 6.45) is -0.971. The molecule has 0 aliphatic rings. The van der Waals surface area contributed by atoms with Gasteiger partial charge in [-0.25, -0.2) is 0 Å². The third-order valence-corrected chi connectivity index (χ3v) is 2.92. The Kier molecular flexibility index (Phi) is 3.00. The number of thiophene rings is 1. The minimum atomic E-state index is -0.971. The first kappa shape index (κ1) is 10.1. The summed E-state index contributed by atoms with van der Waals surface area (Å²) in [5.74, 6) is 0. The molecule has 0 saturated heterocycles. The quantitative estimate of drug-likeness (QED) is 0.597. The van der Waals surface area contributed by atoms with E-state index >= 15 is 0 Å². The van der Waals surface area contributed by atoms with Gasteiger partial charge in [-0.1, -0.05) is 0 Å². The Hall–Kier alpha value is -0.940. The second kappa shape index (κ2) is 3.85. The molecule has 1 aromatic rings. The highest BCUT2D eigenvalue weighted by atomic mass is 32.1. The average molecular weight is 201 g/mol. The molecule has 1 heterocycles. The molecule has 0 saturated carbocycles. The molecule has 0 aliphatic heterocycles. The standard InChI is InChI=1S/C8H11NO3S/c1-5-4-13-6(2)8(5)7(10)3-9(11)12/h4,7,10H,3H2,1-2H3. The molecule has 1 rings (SSSR count). The molecule has 72 valence electrons. The fourth-order valence-electron chi connectivity index (χ4n) is 1.31. The fourth-order valence-corrected chi connectivity index (χ4v) is 2.22.